The number of rotatable bonds is 2. The van der Waals surface area contributed by atoms with Crippen molar-refractivity contribution in [3.8, 4) is 16.8 Å². The Bertz CT molecular complexity index is 1120. The van der Waals surface area contributed by atoms with Gasteiger partial charge in [0.1, 0.15) is 0 Å². The van der Waals surface area contributed by atoms with Gasteiger partial charge >= 0.3 is 0 Å². The highest BCUT2D eigenvalue weighted by Gasteiger charge is 2.23. The average molecular weight is 335 g/mol. The SMILES string of the molecule is CC1=CCCc2c1c1c(-c3ccccc3)cccc1n2-c1ccccc1. The van der Waals surface area contributed by atoms with Crippen LogP contribution in [0.25, 0.3) is 33.3 Å². The second-order valence-corrected chi connectivity index (χ2v) is 6.98. The molecule has 126 valence electrons. The molecule has 0 saturated carbocycles. The lowest BCUT2D eigenvalue weighted by Crippen LogP contribution is -2.04. The number of para-hydroxylation sites is 1. The first-order valence-electron chi connectivity index (χ1n) is 9.29. The van der Waals surface area contributed by atoms with Gasteiger partial charge in [0.25, 0.3) is 0 Å². The van der Waals surface area contributed by atoms with E-state index in [1.54, 1.807) is 0 Å². The minimum absolute atomic E-state index is 1.09. The third-order valence-electron chi connectivity index (χ3n) is 5.42. The summed E-state index contributed by atoms with van der Waals surface area (Å²) < 4.78 is 2.47. The van der Waals surface area contributed by atoms with Gasteiger partial charge in [0.2, 0.25) is 0 Å². The van der Waals surface area contributed by atoms with Crippen molar-refractivity contribution in [3.05, 3.63) is 96.2 Å². The predicted octanol–water partition coefficient (Wildman–Crippen LogP) is 6.65. The summed E-state index contributed by atoms with van der Waals surface area (Å²) in [6.07, 6.45) is 4.59. The van der Waals surface area contributed by atoms with Gasteiger partial charge in [-0.25, -0.2) is 0 Å². The Labute approximate surface area is 154 Å². The molecule has 1 aromatic heterocycles. The molecule has 1 heterocycles. The Balaban J connectivity index is 1.93. The molecular formula is C25H21N. The fourth-order valence-corrected chi connectivity index (χ4v) is 4.31. The van der Waals surface area contributed by atoms with Crippen LogP contribution in [0.5, 0.6) is 0 Å². The first-order valence-corrected chi connectivity index (χ1v) is 9.29. The molecule has 0 saturated heterocycles. The van der Waals surface area contributed by atoms with Crippen molar-refractivity contribution < 1.29 is 0 Å². The van der Waals surface area contributed by atoms with Crippen LogP contribution in [0.15, 0.2) is 84.9 Å². The Hall–Kier alpha value is -3.06. The van der Waals surface area contributed by atoms with Gasteiger partial charge in [0, 0.05) is 22.3 Å². The lowest BCUT2D eigenvalue weighted by molar-refractivity contribution is 0.883. The van der Waals surface area contributed by atoms with E-state index >= 15 is 0 Å². The van der Waals surface area contributed by atoms with Gasteiger partial charge in [-0.05, 0) is 54.7 Å². The van der Waals surface area contributed by atoms with Crippen LogP contribution in [0.1, 0.15) is 24.6 Å². The Morgan fingerprint density at radius 2 is 1.50 bits per heavy atom. The van der Waals surface area contributed by atoms with Gasteiger partial charge < -0.3 is 4.57 Å². The van der Waals surface area contributed by atoms with E-state index in [0.29, 0.717) is 0 Å². The summed E-state index contributed by atoms with van der Waals surface area (Å²) in [5, 5.41) is 1.38. The molecule has 26 heavy (non-hydrogen) atoms. The normalized spacial score (nSPS) is 13.5. The Kier molecular flexibility index (Phi) is 3.53. The summed E-state index contributed by atoms with van der Waals surface area (Å²) in [4.78, 5) is 0. The summed E-state index contributed by atoms with van der Waals surface area (Å²) in [5.74, 6) is 0. The minimum atomic E-state index is 1.09. The van der Waals surface area contributed by atoms with Crippen molar-refractivity contribution in [2.75, 3.05) is 0 Å². The monoisotopic (exact) mass is 335 g/mol. The summed E-state index contributed by atoms with van der Waals surface area (Å²) in [6.45, 7) is 2.26. The molecule has 0 aliphatic heterocycles. The molecule has 0 spiro atoms. The highest BCUT2D eigenvalue weighted by Crippen LogP contribution is 2.42. The standard InChI is InChI=1S/C25H21N/c1-18-10-8-16-22-24(18)25-21(19-11-4-2-5-12-19)15-9-17-23(25)26(22)20-13-6-3-7-14-20/h2-7,9-15,17H,8,16H2,1H3. The summed E-state index contributed by atoms with van der Waals surface area (Å²) in [5.41, 5.74) is 9.42. The number of hydrogen-bond donors (Lipinski definition) is 0. The number of fused-ring (bicyclic) bond motifs is 3. The maximum Gasteiger partial charge on any atom is 0.0544 e. The number of allylic oxidation sites excluding steroid dienone is 2. The molecule has 1 aliphatic carbocycles. The summed E-state index contributed by atoms with van der Waals surface area (Å²) in [6, 6.07) is 28.2. The van der Waals surface area contributed by atoms with Crippen molar-refractivity contribution in [3.63, 3.8) is 0 Å². The summed E-state index contributed by atoms with van der Waals surface area (Å²) in [7, 11) is 0. The average Bonchev–Trinajstić information content (AvgIpc) is 3.05. The molecule has 1 aliphatic rings. The van der Waals surface area contributed by atoms with E-state index in [9.17, 15) is 0 Å². The third kappa shape index (κ3) is 2.24. The van der Waals surface area contributed by atoms with Crippen molar-refractivity contribution in [1.29, 1.82) is 0 Å². The zero-order valence-corrected chi connectivity index (χ0v) is 14.9. The van der Waals surface area contributed by atoms with Crippen molar-refractivity contribution in [2.24, 2.45) is 0 Å². The zero-order chi connectivity index (χ0) is 17.5. The van der Waals surface area contributed by atoms with E-state index < -0.39 is 0 Å². The molecule has 0 radical (unpaired) electrons. The zero-order valence-electron chi connectivity index (χ0n) is 14.9. The van der Waals surface area contributed by atoms with Crippen LogP contribution < -0.4 is 0 Å². The first-order chi connectivity index (χ1) is 12.8. The predicted molar refractivity (Wildman–Crippen MR) is 111 cm³/mol. The van der Waals surface area contributed by atoms with E-state index in [1.807, 2.05) is 0 Å². The molecule has 4 aromatic rings. The van der Waals surface area contributed by atoms with Gasteiger partial charge in [-0.1, -0.05) is 66.7 Å². The second kappa shape index (κ2) is 6.03. The number of hydrogen-bond acceptors (Lipinski definition) is 0. The molecule has 0 unspecified atom stereocenters. The van der Waals surface area contributed by atoms with Gasteiger partial charge in [0.15, 0.2) is 0 Å². The van der Waals surface area contributed by atoms with Gasteiger partial charge in [-0.15, -0.1) is 0 Å². The van der Waals surface area contributed by atoms with Gasteiger partial charge in [-0.2, -0.15) is 0 Å². The largest absolute Gasteiger partial charge is 0.313 e. The topological polar surface area (TPSA) is 4.93 Å². The Morgan fingerprint density at radius 1 is 0.769 bits per heavy atom. The van der Waals surface area contributed by atoms with E-state index in [-0.39, 0.29) is 0 Å². The van der Waals surface area contributed by atoms with E-state index in [4.69, 9.17) is 0 Å². The maximum atomic E-state index is 2.47. The molecule has 1 nitrogen and oxygen atoms in total. The van der Waals surface area contributed by atoms with E-state index in [1.165, 1.54) is 44.5 Å². The molecule has 0 N–H and O–H groups in total. The van der Waals surface area contributed by atoms with Crippen LogP contribution in [-0.2, 0) is 6.42 Å². The highest BCUT2D eigenvalue weighted by atomic mass is 15.0. The number of nitrogens with zero attached hydrogens (tertiary/aromatic N) is 1. The fourth-order valence-electron chi connectivity index (χ4n) is 4.31. The van der Waals surface area contributed by atoms with Gasteiger partial charge in [0.05, 0.1) is 5.52 Å². The maximum absolute atomic E-state index is 2.47. The third-order valence-corrected chi connectivity index (χ3v) is 5.42. The van der Waals surface area contributed by atoms with Crippen LogP contribution >= 0.6 is 0 Å². The van der Waals surface area contributed by atoms with Crippen LogP contribution in [0.4, 0.5) is 0 Å². The lowest BCUT2D eigenvalue weighted by atomic mass is 9.91. The fraction of sp³-hybridized carbons (Fsp3) is 0.120. The van der Waals surface area contributed by atoms with Gasteiger partial charge in [-0.3, -0.25) is 0 Å². The Morgan fingerprint density at radius 3 is 2.27 bits per heavy atom. The molecule has 3 aromatic carbocycles. The van der Waals surface area contributed by atoms with Crippen LogP contribution in [0, 0.1) is 0 Å². The highest BCUT2D eigenvalue weighted by molar-refractivity contribution is 6.05. The van der Waals surface area contributed by atoms with E-state index in [2.05, 4.69) is 96.4 Å². The number of benzene rings is 3. The van der Waals surface area contributed by atoms with Crippen molar-refractivity contribution in [1.82, 2.24) is 4.57 Å². The summed E-state index contributed by atoms with van der Waals surface area (Å²) >= 11 is 0. The van der Waals surface area contributed by atoms with E-state index in [0.717, 1.165) is 12.8 Å². The second-order valence-electron chi connectivity index (χ2n) is 6.98. The minimum Gasteiger partial charge on any atom is -0.313 e. The molecule has 5 rings (SSSR count). The van der Waals surface area contributed by atoms with Crippen LogP contribution in [0.3, 0.4) is 0 Å². The van der Waals surface area contributed by atoms with Crippen molar-refractivity contribution >= 4 is 16.5 Å². The molecular weight excluding hydrogens is 314 g/mol. The van der Waals surface area contributed by atoms with Crippen molar-refractivity contribution in [2.45, 2.75) is 19.8 Å². The molecule has 0 atom stereocenters. The smallest absolute Gasteiger partial charge is 0.0544 e. The molecule has 0 bridgehead atoms. The molecule has 0 amide bonds. The number of aromatic nitrogens is 1. The van der Waals surface area contributed by atoms with Crippen LogP contribution in [0.2, 0.25) is 0 Å². The quantitative estimate of drug-likeness (QED) is 0.386. The molecule has 1 heteroatoms. The lowest BCUT2D eigenvalue weighted by Gasteiger charge is -2.15. The molecule has 0 fully saturated rings. The van der Waals surface area contributed by atoms with Crippen LogP contribution in [-0.4, -0.2) is 4.57 Å². The first kappa shape index (κ1) is 15.2.